The van der Waals surface area contributed by atoms with Gasteiger partial charge in [0.05, 0.1) is 16.3 Å². The van der Waals surface area contributed by atoms with Crippen LogP contribution in [0.5, 0.6) is 0 Å². The number of nitrogens with zero attached hydrogens (tertiary/aromatic N) is 3. The first kappa shape index (κ1) is 16.8. The summed E-state index contributed by atoms with van der Waals surface area (Å²) in [6, 6.07) is 13.0. The first-order valence-corrected chi connectivity index (χ1v) is 8.81. The molecule has 0 unspecified atom stereocenters. The van der Waals surface area contributed by atoms with Crippen molar-refractivity contribution in [3.63, 3.8) is 0 Å². The molecule has 130 valence electrons. The van der Waals surface area contributed by atoms with Crippen LogP contribution in [-0.2, 0) is 6.42 Å². The van der Waals surface area contributed by atoms with Crippen molar-refractivity contribution in [2.24, 2.45) is 0 Å². The molecule has 3 aromatic rings. The quantitative estimate of drug-likeness (QED) is 0.708. The van der Waals surface area contributed by atoms with Gasteiger partial charge in [-0.15, -0.1) is 0 Å². The van der Waals surface area contributed by atoms with Crippen LogP contribution < -0.4 is 10.2 Å². The smallest absolute Gasteiger partial charge is 0.261 e. The number of fused-ring (bicyclic) bond motifs is 1. The second-order valence-electron chi connectivity index (χ2n) is 5.88. The van der Waals surface area contributed by atoms with Gasteiger partial charge in [0.25, 0.3) is 5.91 Å². The lowest BCUT2D eigenvalue weighted by Gasteiger charge is -2.17. The maximum absolute atomic E-state index is 12.8. The van der Waals surface area contributed by atoms with Crippen LogP contribution >= 0.6 is 23.2 Å². The highest BCUT2D eigenvalue weighted by molar-refractivity contribution is 6.35. The molecule has 0 spiro atoms. The molecule has 0 bridgehead atoms. The molecule has 0 saturated carbocycles. The Morgan fingerprint density at radius 3 is 2.65 bits per heavy atom. The second kappa shape index (κ2) is 6.94. The van der Waals surface area contributed by atoms with Crippen molar-refractivity contribution < 1.29 is 4.79 Å². The largest absolute Gasteiger partial charge is 0.323 e. The number of hydrogen-bond donors (Lipinski definition) is 1. The molecule has 0 aliphatic carbocycles. The van der Waals surface area contributed by atoms with Gasteiger partial charge in [-0.3, -0.25) is 4.79 Å². The number of carbonyl (C=O) groups is 1. The fraction of sp³-hybridized carbons (Fsp3) is 0.105. The van der Waals surface area contributed by atoms with Gasteiger partial charge in [0.2, 0.25) is 5.95 Å². The Hall–Kier alpha value is -2.63. The molecule has 0 atom stereocenters. The van der Waals surface area contributed by atoms with Gasteiger partial charge in [-0.1, -0.05) is 41.4 Å². The minimum Gasteiger partial charge on any atom is -0.323 e. The lowest BCUT2D eigenvalue weighted by molar-refractivity contribution is 0.0988. The van der Waals surface area contributed by atoms with E-state index in [0.717, 1.165) is 12.1 Å². The Balaban J connectivity index is 1.53. The van der Waals surface area contributed by atoms with E-state index in [2.05, 4.69) is 15.3 Å². The summed E-state index contributed by atoms with van der Waals surface area (Å²) in [7, 11) is 0. The van der Waals surface area contributed by atoms with Crippen LogP contribution in [0.15, 0.2) is 54.9 Å². The van der Waals surface area contributed by atoms with Crippen molar-refractivity contribution in [1.82, 2.24) is 9.97 Å². The minimum absolute atomic E-state index is 0.109. The molecule has 2 heterocycles. The molecule has 1 N–H and O–H groups in total. The summed E-state index contributed by atoms with van der Waals surface area (Å²) in [6.07, 6.45) is 3.88. The Bertz CT molecular complexity index is 976. The number of halogens is 2. The number of anilines is 3. The number of nitrogens with one attached hydrogen (secondary N) is 1. The zero-order valence-electron chi connectivity index (χ0n) is 13.6. The monoisotopic (exact) mass is 384 g/mol. The SMILES string of the molecule is O=C(c1cnc(Nc2cc(Cl)ccc2Cl)nc1)N1CCc2ccccc21. The van der Waals surface area contributed by atoms with Gasteiger partial charge >= 0.3 is 0 Å². The Kier molecular flexibility index (Phi) is 4.49. The van der Waals surface area contributed by atoms with Crippen LogP contribution in [0.2, 0.25) is 10.0 Å². The first-order chi connectivity index (χ1) is 12.6. The molecule has 0 saturated heterocycles. The van der Waals surface area contributed by atoms with Crippen molar-refractivity contribution in [2.75, 3.05) is 16.8 Å². The number of benzene rings is 2. The van der Waals surface area contributed by atoms with Crippen LogP contribution in [0.4, 0.5) is 17.3 Å². The first-order valence-electron chi connectivity index (χ1n) is 8.06. The van der Waals surface area contributed by atoms with Crippen LogP contribution in [0.25, 0.3) is 0 Å². The third kappa shape index (κ3) is 3.23. The van der Waals surface area contributed by atoms with Crippen LogP contribution in [-0.4, -0.2) is 22.4 Å². The third-order valence-electron chi connectivity index (χ3n) is 4.21. The normalized spacial score (nSPS) is 12.8. The summed E-state index contributed by atoms with van der Waals surface area (Å²) in [4.78, 5) is 23.0. The van der Waals surface area contributed by atoms with E-state index in [1.54, 1.807) is 23.1 Å². The third-order valence-corrected chi connectivity index (χ3v) is 4.77. The van der Waals surface area contributed by atoms with Gasteiger partial charge in [-0.25, -0.2) is 9.97 Å². The maximum atomic E-state index is 12.8. The molecule has 0 fully saturated rings. The van der Waals surface area contributed by atoms with Gasteiger partial charge in [-0.2, -0.15) is 0 Å². The summed E-state index contributed by atoms with van der Waals surface area (Å²) in [5.74, 6) is 0.231. The van der Waals surface area contributed by atoms with Crippen molar-refractivity contribution in [3.05, 3.63) is 76.0 Å². The molecule has 26 heavy (non-hydrogen) atoms. The maximum Gasteiger partial charge on any atom is 0.261 e. The van der Waals surface area contributed by atoms with E-state index in [-0.39, 0.29) is 5.91 Å². The fourth-order valence-electron chi connectivity index (χ4n) is 2.92. The summed E-state index contributed by atoms with van der Waals surface area (Å²) in [5, 5.41) is 4.06. The fourth-order valence-corrected chi connectivity index (χ4v) is 3.26. The second-order valence-corrected chi connectivity index (χ2v) is 6.72. The van der Waals surface area contributed by atoms with Crippen LogP contribution in [0.1, 0.15) is 15.9 Å². The molecule has 7 heteroatoms. The van der Waals surface area contributed by atoms with E-state index in [1.807, 2.05) is 24.3 Å². The van der Waals surface area contributed by atoms with Gasteiger partial charge < -0.3 is 10.2 Å². The Morgan fingerprint density at radius 2 is 1.85 bits per heavy atom. The van der Waals surface area contributed by atoms with Crippen LogP contribution in [0, 0.1) is 0 Å². The van der Waals surface area contributed by atoms with E-state index in [4.69, 9.17) is 23.2 Å². The molecule has 1 aromatic heterocycles. The number of para-hydroxylation sites is 1. The summed E-state index contributed by atoms with van der Waals surface area (Å²) < 4.78 is 0. The predicted molar refractivity (Wildman–Crippen MR) is 104 cm³/mol. The topological polar surface area (TPSA) is 58.1 Å². The summed E-state index contributed by atoms with van der Waals surface area (Å²) in [5.41, 5.74) is 3.16. The van der Waals surface area contributed by atoms with Crippen molar-refractivity contribution in [3.8, 4) is 0 Å². The lowest BCUT2D eigenvalue weighted by atomic mass is 10.2. The number of aromatic nitrogens is 2. The summed E-state index contributed by atoms with van der Waals surface area (Å²) in [6.45, 7) is 0.663. The van der Waals surface area contributed by atoms with Gasteiger partial charge in [0, 0.05) is 29.6 Å². The highest BCUT2D eigenvalue weighted by Gasteiger charge is 2.25. The lowest BCUT2D eigenvalue weighted by Crippen LogP contribution is -2.29. The molecule has 4 rings (SSSR count). The van der Waals surface area contributed by atoms with Gasteiger partial charge in [-0.05, 0) is 36.2 Å². The van der Waals surface area contributed by atoms with Crippen molar-refractivity contribution >= 4 is 46.4 Å². The van der Waals surface area contributed by atoms with Crippen molar-refractivity contribution in [2.45, 2.75) is 6.42 Å². The number of hydrogen-bond acceptors (Lipinski definition) is 4. The Labute approximate surface area is 160 Å². The molecule has 1 aliphatic heterocycles. The predicted octanol–water partition coefficient (Wildman–Crippen LogP) is 4.73. The minimum atomic E-state index is -0.109. The van der Waals surface area contributed by atoms with E-state index < -0.39 is 0 Å². The average Bonchev–Trinajstić information content (AvgIpc) is 3.09. The summed E-state index contributed by atoms with van der Waals surface area (Å²) >= 11 is 12.1. The van der Waals surface area contributed by atoms with Crippen molar-refractivity contribution in [1.29, 1.82) is 0 Å². The zero-order chi connectivity index (χ0) is 18.1. The van der Waals surface area contributed by atoms with Gasteiger partial charge in [0.1, 0.15) is 0 Å². The van der Waals surface area contributed by atoms with Gasteiger partial charge in [0.15, 0.2) is 0 Å². The van der Waals surface area contributed by atoms with E-state index in [0.29, 0.717) is 33.8 Å². The molecule has 0 radical (unpaired) electrons. The molecule has 1 aliphatic rings. The molecular formula is C19H14Cl2N4O. The number of amides is 1. The standard InChI is InChI=1S/C19H14Cl2N4O/c20-14-5-6-15(21)16(9-14)24-19-22-10-13(11-23-19)18(26)25-8-7-12-3-1-2-4-17(12)25/h1-6,9-11H,7-8H2,(H,22,23,24). The number of carbonyl (C=O) groups excluding carboxylic acids is 1. The van der Waals surface area contributed by atoms with E-state index in [9.17, 15) is 4.79 Å². The highest BCUT2D eigenvalue weighted by Crippen LogP contribution is 2.29. The van der Waals surface area contributed by atoms with E-state index >= 15 is 0 Å². The molecule has 5 nitrogen and oxygen atoms in total. The van der Waals surface area contributed by atoms with Crippen LogP contribution in [0.3, 0.4) is 0 Å². The molecule has 1 amide bonds. The molecular weight excluding hydrogens is 371 g/mol. The highest BCUT2D eigenvalue weighted by atomic mass is 35.5. The Morgan fingerprint density at radius 1 is 1.08 bits per heavy atom. The number of rotatable bonds is 3. The molecule has 2 aromatic carbocycles. The van der Waals surface area contributed by atoms with E-state index in [1.165, 1.54) is 18.0 Å². The zero-order valence-corrected chi connectivity index (χ0v) is 15.1. The average molecular weight is 385 g/mol.